The fraction of sp³-hybridized carbons (Fsp3) is 0.263. The molecular weight excluding hydrogens is 304 g/mol. The Morgan fingerprint density at radius 3 is 2.71 bits per heavy atom. The summed E-state index contributed by atoms with van der Waals surface area (Å²) in [5.41, 5.74) is 3.78. The van der Waals surface area contributed by atoms with E-state index in [4.69, 9.17) is 9.15 Å². The maximum Gasteiger partial charge on any atom is 0.327 e. The van der Waals surface area contributed by atoms with Gasteiger partial charge in [-0.05, 0) is 45.0 Å². The van der Waals surface area contributed by atoms with Crippen LogP contribution in [0.5, 0.6) is 0 Å². The van der Waals surface area contributed by atoms with Crippen molar-refractivity contribution in [2.75, 3.05) is 6.61 Å². The number of furan rings is 1. The molecule has 5 nitrogen and oxygen atoms in total. The molecule has 0 saturated carbocycles. The number of esters is 1. The van der Waals surface area contributed by atoms with Crippen molar-refractivity contribution in [2.45, 2.75) is 27.3 Å². The molecule has 2 aromatic heterocycles. The molecule has 3 rings (SSSR count). The molecule has 0 atom stereocenters. The molecule has 1 aromatic carbocycles. The molecule has 0 amide bonds. The van der Waals surface area contributed by atoms with Crippen molar-refractivity contribution >= 4 is 5.97 Å². The number of benzene rings is 1. The van der Waals surface area contributed by atoms with Crippen molar-refractivity contribution in [3.63, 3.8) is 0 Å². The Kier molecular flexibility index (Phi) is 4.51. The van der Waals surface area contributed by atoms with Crippen molar-refractivity contribution < 1.29 is 13.9 Å². The van der Waals surface area contributed by atoms with Gasteiger partial charge in [0.1, 0.15) is 18.0 Å². The monoisotopic (exact) mass is 324 g/mol. The summed E-state index contributed by atoms with van der Waals surface area (Å²) in [6, 6.07) is 13.9. The van der Waals surface area contributed by atoms with Crippen molar-refractivity contribution in [1.29, 1.82) is 0 Å². The molecule has 0 saturated heterocycles. The Hall–Kier alpha value is -2.82. The van der Waals surface area contributed by atoms with Gasteiger partial charge in [0.25, 0.3) is 0 Å². The van der Waals surface area contributed by atoms with E-state index in [2.05, 4.69) is 11.2 Å². The van der Waals surface area contributed by atoms with Crippen LogP contribution in [0.2, 0.25) is 0 Å². The van der Waals surface area contributed by atoms with Crippen LogP contribution in [0.1, 0.15) is 18.2 Å². The molecule has 5 heteroatoms. The lowest BCUT2D eigenvalue weighted by atomic mass is 10.1. The minimum atomic E-state index is -0.313. The minimum absolute atomic E-state index is 0.0670. The summed E-state index contributed by atoms with van der Waals surface area (Å²) >= 11 is 0. The molecule has 0 fully saturated rings. The van der Waals surface area contributed by atoms with Gasteiger partial charge in [0.15, 0.2) is 5.76 Å². The highest BCUT2D eigenvalue weighted by Crippen LogP contribution is 2.29. The maximum atomic E-state index is 11.8. The van der Waals surface area contributed by atoms with Gasteiger partial charge in [-0.15, -0.1) is 0 Å². The SMILES string of the molecule is CCOC(=O)Cn1nc(C)cc1-c1ccc(-c2cccc(C)c2)o1. The van der Waals surface area contributed by atoms with Gasteiger partial charge in [-0.1, -0.05) is 23.8 Å². The Bertz CT molecular complexity index is 861. The quantitative estimate of drug-likeness (QED) is 0.666. The second kappa shape index (κ2) is 6.74. The van der Waals surface area contributed by atoms with Crippen LogP contribution in [0.15, 0.2) is 46.9 Å². The van der Waals surface area contributed by atoms with E-state index >= 15 is 0 Å². The Morgan fingerprint density at radius 1 is 1.17 bits per heavy atom. The van der Waals surface area contributed by atoms with Crippen molar-refractivity contribution in [3.05, 3.63) is 53.7 Å². The third kappa shape index (κ3) is 3.40. The molecule has 0 aliphatic carbocycles. The zero-order valence-electron chi connectivity index (χ0n) is 14.1. The molecule has 0 N–H and O–H groups in total. The van der Waals surface area contributed by atoms with Crippen molar-refractivity contribution in [3.8, 4) is 22.8 Å². The predicted octanol–water partition coefficient (Wildman–Crippen LogP) is 3.99. The van der Waals surface area contributed by atoms with E-state index in [0.717, 1.165) is 22.7 Å². The first-order valence-corrected chi connectivity index (χ1v) is 7.94. The highest BCUT2D eigenvalue weighted by molar-refractivity contribution is 5.70. The number of carbonyl (C=O) groups excluding carboxylic acids is 1. The van der Waals surface area contributed by atoms with E-state index in [1.54, 1.807) is 11.6 Å². The zero-order chi connectivity index (χ0) is 17.1. The normalized spacial score (nSPS) is 10.8. The number of aryl methyl sites for hydroxylation is 2. The number of rotatable bonds is 5. The zero-order valence-corrected chi connectivity index (χ0v) is 14.1. The fourth-order valence-electron chi connectivity index (χ4n) is 2.62. The fourth-order valence-corrected chi connectivity index (χ4v) is 2.62. The number of hydrogen-bond acceptors (Lipinski definition) is 4. The van der Waals surface area contributed by atoms with Gasteiger partial charge < -0.3 is 9.15 Å². The summed E-state index contributed by atoms with van der Waals surface area (Å²) in [6.45, 7) is 6.14. The highest BCUT2D eigenvalue weighted by Gasteiger charge is 2.15. The summed E-state index contributed by atoms with van der Waals surface area (Å²) in [7, 11) is 0. The first-order chi connectivity index (χ1) is 11.6. The standard InChI is InChI=1S/C19H20N2O3/c1-4-23-19(22)12-21-16(11-14(3)20-21)18-9-8-17(24-18)15-7-5-6-13(2)10-15/h5-11H,4,12H2,1-3H3. The van der Waals surface area contributed by atoms with Gasteiger partial charge in [-0.2, -0.15) is 5.10 Å². The van der Waals surface area contributed by atoms with Gasteiger partial charge in [-0.25, -0.2) is 0 Å². The molecule has 0 aliphatic heterocycles. The van der Waals surface area contributed by atoms with Crippen LogP contribution < -0.4 is 0 Å². The lowest BCUT2D eigenvalue weighted by Crippen LogP contribution is -2.15. The molecular formula is C19H20N2O3. The average molecular weight is 324 g/mol. The molecule has 24 heavy (non-hydrogen) atoms. The summed E-state index contributed by atoms with van der Waals surface area (Å²) in [5, 5.41) is 4.36. The molecule has 0 radical (unpaired) electrons. The third-order valence-electron chi connectivity index (χ3n) is 3.65. The average Bonchev–Trinajstić information content (AvgIpc) is 3.14. The molecule has 0 bridgehead atoms. The predicted molar refractivity (Wildman–Crippen MR) is 91.5 cm³/mol. The molecule has 0 unspecified atom stereocenters. The summed E-state index contributed by atoms with van der Waals surface area (Å²) in [4.78, 5) is 11.8. The van der Waals surface area contributed by atoms with Crippen LogP contribution in [-0.4, -0.2) is 22.4 Å². The second-order valence-electron chi connectivity index (χ2n) is 5.67. The van der Waals surface area contributed by atoms with Gasteiger partial charge in [0, 0.05) is 5.56 Å². The van der Waals surface area contributed by atoms with E-state index in [1.165, 1.54) is 5.56 Å². The van der Waals surface area contributed by atoms with E-state index in [9.17, 15) is 4.79 Å². The molecule has 0 spiro atoms. The number of hydrogen-bond donors (Lipinski definition) is 0. The number of aromatic nitrogens is 2. The smallest absolute Gasteiger partial charge is 0.327 e. The Balaban J connectivity index is 1.91. The summed E-state index contributed by atoms with van der Waals surface area (Å²) in [6.07, 6.45) is 0. The number of carbonyl (C=O) groups is 1. The first-order valence-electron chi connectivity index (χ1n) is 7.94. The molecule has 0 aliphatic rings. The van der Waals surface area contributed by atoms with Gasteiger partial charge >= 0.3 is 5.97 Å². The van der Waals surface area contributed by atoms with Crippen LogP contribution in [0.3, 0.4) is 0 Å². The first kappa shape index (κ1) is 16.1. The van der Waals surface area contributed by atoms with Crippen LogP contribution >= 0.6 is 0 Å². The van der Waals surface area contributed by atoms with Gasteiger partial charge in [0.2, 0.25) is 0 Å². The largest absolute Gasteiger partial charge is 0.465 e. The Labute approximate surface area is 140 Å². The van der Waals surface area contributed by atoms with Gasteiger partial charge in [0.05, 0.1) is 12.3 Å². The van der Waals surface area contributed by atoms with Crippen LogP contribution in [-0.2, 0) is 16.1 Å². The summed E-state index contributed by atoms with van der Waals surface area (Å²) < 4.78 is 12.6. The Morgan fingerprint density at radius 2 is 1.96 bits per heavy atom. The van der Waals surface area contributed by atoms with E-state index in [0.29, 0.717) is 12.4 Å². The lowest BCUT2D eigenvalue weighted by molar-refractivity contribution is -0.144. The third-order valence-corrected chi connectivity index (χ3v) is 3.65. The summed E-state index contributed by atoms with van der Waals surface area (Å²) in [5.74, 6) is 1.15. The van der Waals surface area contributed by atoms with Crippen LogP contribution in [0, 0.1) is 13.8 Å². The number of nitrogens with zero attached hydrogens (tertiary/aromatic N) is 2. The number of ether oxygens (including phenoxy) is 1. The van der Waals surface area contributed by atoms with Crippen LogP contribution in [0.25, 0.3) is 22.8 Å². The van der Waals surface area contributed by atoms with Gasteiger partial charge in [-0.3, -0.25) is 9.48 Å². The molecule has 2 heterocycles. The van der Waals surface area contributed by atoms with E-state index < -0.39 is 0 Å². The lowest BCUT2D eigenvalue weighted by Gasteiger charge is -2.05. The topological polar surface area (TPSA) is 57.3 Å². The van der Waals surface area contributed by atoms with E-state index in [-0.39, 0.29) is 12.5 Å². The second-order valence-corrected chi connectivity index (χ2v) is 5.67. The molecule has 124 valence electrons. The van der Waals surface area contributed by atoms with Crippen molar-refractivity contribution in [2.24, 2.45) is 0 Å². The van der Waals surface area contributed by atoms with Crippen LogP contribution in [0.4, 0.5) is 0 Å². The van der Waals surface area contributed by atoms with Crippen molar-refractivity contribution in [1.82, 2.24) is 9.78 Å². The minimum Gasteiger partial charge on any atom is -0.465 e. The molecule has 3 aromatic rings. The highest BCUT2D eigenvalue weighted by atomic mass is 16.5. The maximum absolute atomic E-state index is 11.8. The van der Waals surface area contributed by atoms with E-state index in [1.807, 2.05) is 50.2 Å².